The Hall–Kier alpha value is -1.94. The molecule has 1 saturated carbocycles. The average Bonchev–Trinajstić information content (AvgIpc) is 2.94. The Balaban J connectivity index is 1.71. The topological polar surface area (TPSA) is 53.4 Å². The first kappa shape index (κ1) is 15.6. The highest BCUT2D eigenvalue weighted by Crippen LogP contribution is 2.41. The minimum atomic E-state index is -0.667. The molecular weight excluding hydrogens is 300 g/mol. The third-order valence-electron chi connectivity index (χ3n) is 5.79. The summed E-state index contributed by atoms with van der Waals surface area (Å²) in [5.41, 5.74) is 3.20. The summed E-state index contributed by atoms with van der Waals surface area (Å²) >= 11 is 0. The van der Waals surface area contributed by atoms with Crippen molar-refractivity contribution in [3.63, 3.8) is 0 Å². The molecule has 1 saturated heterocycles. The lowest BCUT2D eigenvalue weighted by atomic mass is 9.84. The number of rotatable bonds is 3. The van der Waals surface area contributed by atoms with Gasteiger partial charge in [-0.2, -0.15) is 0 Å². The predicted molar refractivity (Wildman–Crippen MR) is 93.8 cm³/mol. The summed E-state index contributed by atoms with van der Waals surface area (Å²) in [6.45, 7) is 2.72. The average molecular weight is 324 g/mol. The molecule has 2 aliphatic rings. The van der Waals surface area contributed by atoms with E-state index < -0.39 is 5.97 Å². The van der Waals surface area contributed by atoms with Crippen molar-refractivity contribution in [2.75, 3.05) is 0 Å². The van der Waals surface area contributed by atoms with E-state index in [9.17, 15) is 9.90 Å². The van der Waals surface area contributed by atoms with Crippen LogP contribution in [0.4, 0.5) is 0 Å². The first-order chi connectivity index (χ1) is 11.6. The second-order valence-electron chi connectivity index (χ2n) is 7.31. The van der Waals surface area contributed by atoms with Gasteiger partial charge in [0.25, 0.3) is 0 Å². The summed E-state index contributed by atoms with van der Waals surface area (Å²) in [6.07, 6.45) is 5.60. The van der Waals surface area contributed by atoms with Crippen molar-refractivity contribution >= 4 is 16.9 Å². The van der Waals surface area contributed by atoms with Gasteiger partial charge in [0, 0.05) is 23.7 Å². The lowest BCUT2D eigenvalue weighted by Gasteiger charge is -2.33. The molecule has 1 aromatic heterocycles. The number of carboxylic acids is 1. The summed E-state index contributed by atoms with van der Waals surface area (Å²) < 4.78 is 0. The molecule has 0 spiro atoms. The van der Waals surface area contributed by atoms with Gasteiger partial charge in [-0.1, -0.05) is 31.0 Å². The van der Waals surface area contributed by atoms with Crippen molar-refractivity contribution < 1.29 is 9.90 Å². The summed E-state index contributed by atoms with van der Waals surface area (Å²) in [6, 6.07) is 10.4. The number of likely N-dealkylation sites (tertiary alicyclic amines) is 1. The number of pyridine rings is 1. The SMILES string of the molecule is Cc1cc(CN2C(C(=O)O)CC3CCCCC32)c2ccccc2n1. The Kier molecular flexibility index (Phi) is 4.01. The molecule has 24 heavy (non-hydrogen) atoms. The maximum Gasteiger partial charge on any atom is 0.320 e. The van der Waals surface area contributed by atoms with Crippen molar-refractivity contribution in [1.82, 2.24) is 9.88 Å². The van der Waals surface area contributed by atoms with E-state index >= 15 is 0 Å². The van der Waals surface area contributed by atoms with E-state index in [1.54, 1.807) is 0 Å². The third kappa shape index (κ3) is 2.69. The largest absolute Gasteiger partial charge is 0.480 e. The van der Waals surface area contributed by atoms with Crippen LogP contribution in [0.3, 0.4) is 0 Å². The minimum absolute atomic E-state index is 0.342. The maximum atomic E-state index is 11.8. The fraction of sp³-hybridized carbons (Fsp3) is 0.500. The number of aromatic nitrogens is 1. The Morgan fingerprint density at radius 2 is 2.08 bits per heavy atom. The molecule has 4 rings (SSSR count). The smallest absolute Gasteiger partial charge is 0.320 e. The zero-order chi connectivity index (χ0) is 16.7. The number of hydrogen-bond donors (Lipinski definition) is 1. The van der Waals surface area contributed by atoms with Gasteiger partial charge in [0.2, 0.25) is 0 Å². The van der Waals surface area contributed by atoms with Gasteiger partial charge in [-0.25, -0.2) is 0 Å². The molecule has 2 aromatic rings. The molecule has 1 aliphatic carbocycles. The Bertz CT molecular complexity index is 773. The van der Waals surface area contributed by atoms with Crippen LogP contribution in [-0.4, -0.2) is 33.0 Å². The molecule has 1 aromatic carbocycles. The minimum Gasteiger partial charge on any atom is -0.480 e. The second-order valence-corrected chi connectivity index (χ2v) is 7.31. The van der Waals surface area contributed by atoms with Crippen molar-refractivity contribution in [2.24, 2.45) is 5.92 Å². The van der Waals surface area contributed by atoms with E-state index in [1.807, 2.05) is 25.1 Å². The zero-order valence-corrected chi connectivity index (χ0v) is 14.1. The normalized spacial score (nSPS) is 27.3. The van der Waals surface area contributed by atoms with Gasteiger partial charge in [-0.15, -0.1) is 0 Å². The number of aliphatic carboxylic acids is 1. The summed E-state index contributed by atoms with van der Waals surface area (Å²) in [5.74, 6) is -0.117. The highest BCUT2D eigenvalue weighted by molar-refractivity contribution is 5.82. The molecule has 0 radical (unpaired) electrons. The fourth-order valence-corrected chi connectivity index (χ4v) is 4.75. The molecule has 0 amide bonds. The molecule has 2 fully saturated rings. The van der Waals surface area contributed by atoms with Gasteiger partial charge in [0.1, 0.15) is 6.04 Å². The maximum absolute atomic E-state index is 11.8. The number of carbonyl (C=O) groups is 1. The van der Waals surface area contributed by atoms with Crippen LogP contribution in [0, 0.1) is 12.8 Å². The summed E-state index contributed by atoms with van der Waals surface area (Å²) in [7, 11) is 0. The lowest BCUT2D eigenvalue weighted by Crippen LogP contribution is -2.41. The predicted octanol–water partition coefficient (Wildman–Crippen LogP) is 3.76. The van der Waals surface area contributed by atoms with E-state index in [0.29, 0.717) is 18.5 Å². The number of para-hydroxylation sites is 1. The fourth-order valence-electron chi connectivity index (χ4n) is 4.75. The van der Waals surface area contributed by atoms with Gasteiger partial charge in [0.05, 0.1) is 5.52 Å². The van der Waals surface area contributed by atoms with Crippen LogP contribution in [0.15, 0.2) is 30.3 Å². The van der Waals surface area contributed by atoms with Crippen LogP contribution in [0.2, 0.25) is 0 Å². The molecule has 3 atom stereocenters. The first-order valence-corrected chi connectivity index (χ1v) is 8.97. The van der Waals surface area contributed by atoms with Crippen molar-refractivity contribution in [3.8, 4) is 0 Å². The Morgan fingerprint density at radius 1 is 1.29 bits per heavy atom. The van der Waals surface area contributed by atoms with Gasteiger partial charge in [0.15, 0.2) is 0 Å². The molecular formula is C20H24N2O2. The molecule has 4 heteroatoms. The number of benzene rings is 1. The van der Waals surface area contributed by atoms with E-state index in [-0.39, 0.29) is 6.04 Å². The molecule has 2 heterocycles. The monoisotopic (exact) mass is 324 g/mol. The first-order valence-electron chi connectivity index (χ1n) is 8.97. The quantitative estimate of drug-likeness (QED) is 0.934. The number of nitrogens with zero attached hydrogens (tertiary/aromatic N) is 2. The molecule has 1 aliphatic heterocycles. The van der Waals surface area contributed by atoms with Crippen molar-refractivity contribution in [2.45, 2.75) is 57.7 Å². The number of hydrogen-bond acceptors (Lipinski definition) is 3. The van der Waals surface area contributed by atoms with E-state index in [2.05, 4.69) is 22.0 Å². The molecule has 126 valence electrons. The van der Waals surface area contributed by atoms with Crippen LogP contribution in [0.5, 0.6) is 0 Å². The molecule has 1 N–H and O–H groups in total. The van der Waals surface area contributed by atoms with Crippen LogP contribution in [0.25, 0.3) is 10.9 Å². The van der Waals surface area contributed by atoms with Gasteiger partial charge >= 0.3 is 5.97 Å². The Morgan fingerprint density at radius 3 is 2.92 bits per heavy atom. The number of fused-ring (bicyclic) bond motifs is 2. The standard InChI is InChI=1S/C20H24N2O2/c1-13-10-15(16-7-3-4-8-17(16)21-13)12-22-18-9-5-2-6-14(18)11-19(22)20(23)24/h3-4,7-8,10,14,18-19H,2,5-6,9,11-12H2,1H3,(H,23,24). The van der Waals surface area contributed by atoms with E-state index in [1.165, 1.54) is 24.8 Å². The number of carboxylic acid groups (broad SMARTS) is 1. The van der Waals surface area contributed by atoms with E-state index in [4.69, 9.17) is 0 Å². The second kappa shape index (κ2) is 6.17. The zero-order valence-electron chi connectivity index (χ0n) is 14.1. The lowest BCUT2D eigenvalue weighted by molar-refractivity contribution is -0.142. The van der Waals surface area contributed by atoms with Crippen molar-refractivity contribution in [1.29, 1.82) is 0 Å². The molecule has 0 bridgehead atoms. The van der Waals surface area contributed by atoms with Gasteiger partial charge in [-0.3, -0.25) is 14.7 Å². The highest BCUT2D eigenvalue weighted by Gasteiger charge is 2.45. The summed E-state index contributed by atoms with van der Waals surface area (Å²) in [5, 5.41) is 10.9. The van der Waals surface area contributed by atoms with Gasteiger partial charge in [-0.05, 0) is 49.8 Å². The van der Waals surface area contributed by atoms with E-state index in [0.717, 1.165) is 29.4 Å². The molecule has 4 nitrogen and oxygen atoms in total. The van der Waals surface area contributed by atoms with Crippen LogP contribution in [-0.2, 0) is 11.3 Å². The van der Waals surface area contributed by atoms with Crippen LogP contribution in [0.1, 0.15) is 43.4 Å². The van der Waals surface area contributed by atoms with Crippen LogP contribution >= 0.6 is 0 Å². The van der Waals surface area contributed by atoms with Crippen LogP contribution < -0.4 is 0 Å². The third-order valence-corrected chi connectivity index (χ3v) is 5.79. The summed E-state index contributed by atoms with van der Waals surface area (Å²) in [4.78, 5) is 18.7. The van der Waals surface area contributed by atoms with Gasteiger partial charge < -0.3 is 5.11 Å². The number of aryl methyl sites for hydroxylation is 1. The highest BCUT2D eigenvalue weighted by atomic mass is 16.4. The Labute approximate surface area is 142 Å². The van der Waals surface area contributed by atoms with Crippen molar-refractivity contribution in [3.05, 3.63) is 41.6 Å². The molecule has 3 unspecified atom stereocenters.